The molecule has 0 unspecified atom stereocenters. The van der Waals surface area contributed by atoms with E-state index in [1.54, 1.807) is 16.8 Å². The summed E-state index contributed by atoms with van der Waals surface area (Å²) in [5, 5.41) is 0.394. The number of hydrogen-bond donors (Lipinski definition) is 0. The van der Waals surface area contributed by atoms with E-state index in [4.69, 9.17) is 21.1 Å². The first kappa shape index (κ1) is 20.9. The van der Waals surface area contributed by atoms with Gasteiger partial charge in [0.25, 0.3) is 0 Å². The minimum Gasteiger partial charge on any atom is -0.496 e. The third kappa shape index (κ3) is 4.76. The van der Waals surface area contributed by atoms with Crippen molar-refractivity contribution in [1.82, 2.24) is 4.57 Å². The van der Waals surface area contributed by atoms with Gasteiger partial charge in [-0.3, -0.25) is 0 Å². The molecule has 1 heterocycles. The molecule has 1 aromatic heterocycles. The van der Waals surface area contributed by atoms with Crippen LogP contribution in [0.1, 0.15) is 5.56 Å². The van der Waals surface area contributed by atoms with Gasteiger partial charge in [-0.2, -0.15) is 0 Å². The highest BCUT2D eigenvalue weighted by atomic mass is 35.5. The van der Waals surface area contributed by atoms with Crippen molar-refractivity contribution in [3.8, 4) is 28.5 Å². The minimum absolute atomic E-state index is 0.00529. The molecule has 0 saturated carbocycles. The van der Waals surface area contributed by atoms with E-state index in [-0.39, 0.29) is 18.0 Å². The predicted octanol–water partition coefficient (Wildman–Crippen LogP) is 5.91. The van der Waals surface area contributed by atoms with Crippen LogP contribution in [-0.2, 0) is 6.54 Å². The van der Waals surface area contributed by atoms with Crippen LogP contribution >= 0.6 is 11.6 Å². The number of methoxy groups -OCH3 is 2. The number of benzene rings is 2. The molecule has 0 aliphatic carbocycles. The fourth-order valence-electron chi connectivity index (χ4n) is 2.96. The lowest BCUT2D eigenvalue weighted by Gasteiger charge is -2.16. The average molecular weight is 430 g/mol. The van der Waals surface area contributed by atoms with E-state index in [9.17, 15) is 17.6 Å². The van der Waals surface area contributed by atoms with Crippen LogP contribution in [-0.4, -0.2) is 25.1 Å². The van der Waals surface area contributed by atoms with Gasteiger partial charge in [-0.05, 0) is 35.9 Å². The summed E-state index contributed by atoms with van der Waals surface area (Å²) in [5.74, 6) is -0.510. The Bertz CT molecular complexity index is 1000. The normalized spacial score (nSPS) is 11.4. The molecule has 0 amide bonds. The molecule has 3 rings (SSSR count). The lowest BCUT2D eigenvalue weighted by atomic mass is 10.1. The van der Waals surface area contributed by atoms with Crippen LogP contribution in [0.3, 0.4) is 0 Å². The van der Waals surface area contributed by atoms with Gasteiger partial charge in [0.2, 0.25) is 0 Å². The summed E-state index contributed by atoms with van der Waals surface area (Å²) in [6, 6.07) is 9.77. The SMILES string of the molecule is COc1ccc(F)c(OC)c1-c1cc(Cl)cn1Cc1ccc(OC(F)(F)F)cc1. The molecular weight excluding hydrogens is 414 g/mol. The van der Waals surface area contributed by atoms with E-state index in [1.165, 1.54) is 50.6 Å². The highest BCUT2D eigenvalue weighted by molar-refractivity contribution is 6.30. The highest BCUT2D eigenvalue weighted by Gasteiger charge is 2.31. The summed E-state index contributed by atoms with van der Waals surface area (Å²) in [6.45, 7) is 0.261. The molecule has 0 fully saturated rings. The van der Waals surface area contributed by atoms with Crippen LogP contribution < -0.4 is 14.2 Å². The Labute approximate surface area is 169 Å². The summed E-state index contributed by atoms with van der Waals surface area (Å²) in [5.41, 5.74) is 1.58. The number of aromatic nitrogens is 1. The number of hydrogen-bond acceptors (Lipinski definition) is 3. The lowest BCUT2D eigenvalue weighted by molar-refractivity contribution is -0.274. The standard InChI is InChI=1S/C20H16ClF4NO3/c1-27-17-8-7-15(22)19(28-2)18(17)16-9-13(21)11-26(16)10-12-3-5-14(6-4-12)29-20(23,24)25/h3-9,11H,10H2,1-2H3. The van der Waals surface area contributed by atoms with E-state index in [0.717, 1.165) is 0 Å². The maximum atomic E-state index is 14.3. The van der Waals surface area contributed by atoms with Gasteiger partial charge >= 0.3 is 6.36 Å². The topological polar surface area (TPSA) is 32.6 Å². The maximum Gasteiger partial charge on any atom is 0.573 e. The molecule has 0 spiro atoms. The number of rotatable bonds is 6. The lowest BCUT2D eigenvalue weighted by Crippen LogP contribution is -2.17. The number of nitrogens with zero attached hydrogens (tertiary/aromatic N) is 1. The molecule has 0 saturated heterocycles. The second kappa shape index (κ2) is 8.24. The smallest absolute Gasteiger partial charge is 0.496 e. The first-order valence-corrected chi connectivity index (χ1v) is 8.71. The summed E-state index contributed by atoms with van der Waals surface area (Å²) < 4.78 is 67.4. The molecule has 0 aliphatic rings. The molecule has 0 bridgehead atoms. The van der Waals surface area contributed by atoms with Crippen molar-refractivity contribution in [2.75, 3.05) is 14.2 Å². The fourth-order valence-corrected chi connectivity index (χ4v) is 3.18. The largest absolute Gasteiger partial charge is 0.573 e. The van der Waals surface area contributed by atoms with Gasteiger partial charge in [0.1, 0.15) is 11.5 Å². The van der Waals surface area contributed by atoms with Crippen molar-refractivity contribution >= 4 is 11.6 Å². The second-order valence-electron chi connectivity index (χ2n) is 6.02. The third-order valence-electron chi connectivity index (χ3n) is 4.12. The summed E-state index contributed by atoms with van der Waals surface area (Å²) in [6.07, 6.45) is -3.13. The Hall–Kier alpha value is -2.87. The zero-order valence-corrected chi connectivity index (χ0v) is 16.1. The van der Waals surface area contributed by atoms with Gasteiger partial charge in [-0.25, -0.2) is 4.39 Å². The van der Waals surface area contributed by atoms with Gasteiger partial charge in [-0.15, -0.1) is 13.2 Å². The van der Waals surface area contributed by atoms with Crippen LogP contribution in [0.5, 0.6) is 17.2 Å². The van der Waals surface area contributed by atoms with Crippen molar-refractivity contribution < 1.29 is 31.8 Å². The number of alkyl halides is 3. The maximum absolute atomic E-state index is 14.3. The molecule has 0 aliphatic heterocycles. The van der Waals surface area contributed by atoms with Gasteiger partial charge in [0.05, 0.1) is 30.5 Å². The number of ether oxygens (including phenoxy) is 3. The van der Waals surface area contributed by atoms with E-state index < -0.39 is 12.2 Å². The minimum atomic E-state index is -4.76. The molecule has 0 N–H and O–H groups in total. The van der Waals surface area contributed by atoms with E-state index in [2.05, 4.69) is 4.74 Å². The molecule has 29 heavy (non-hydrogen) atoms. The number of halogens is 5. The Balaban J connectivity index is 1.98. The van der Waals surface area contributed by atoms with Crippen molar-refractivity contribution in [2.45, 2.75) is 12.9 Å². The molecule has 154 valence electrons. The molecule has 3 aromatic rings. The van der Waals surface area contributed by atoms with Crippen LogP contribution in [0.2, 0.25) is 5.02 Å². The van der Waals surface area contributed by atoms with Gasteiger partial charge in [-0.1, -0.05) is 23.7 Å². The van der Waals surface area contributed by atoms with Gasteiger partial charge < -0.3 is 18.8 Å². The molecule has 0 atom stereocenters. The van der Waals surface area contributed by atoms with Gasteiger partial charge in [0, 0.05) is 12.7 Å². The van der Waals surface area contributed by atoms with Crippen molar-refractivity contribution in [3.63, 3.8) is 0 Å². The van der Waals surface area contributed by atoms with Crippen LogP contribution in [0.25, 0.3) is 11.3 Å². The van der Waals surface area contributed by atoms with Crippen molar-refractivity contribution in [3.05, 3.63) is 65.1 Å². The second-order valence-corrected chi connectivity index (χ2v) is 6.46. The molecule has 9 heteroatoms. The first-order chi connectivity index (χ1) is 13.7. The summed E-state index contributed by atoms with van der Waals surface area (Å²) in [7, 11) is 2.79. The Morgan fingerprint density at radius 1 is 1.00 bits per heavy atom. The molecule has 2 aromatic carbocycles. The first-order valence-electron chi connectivity index (χ1n) is 8.33. The molecular formula is C20H16ClF4NO3. The zero-order chi connectivity index (χ0) is 21.2. The zero-order valence-electron chi connectivity index (χ0n) is 15.4. The highest BCUT2D eigenvalue weighted by Crippen LogP contribution is 2.41. The van der Waals surface area contributed by atoms with Gasteiger partial charge in [0.15, 0.2) is 11.6 Å². The monoisotopic (exact) mass is 429 g/mol. The van der Waals surface area contributed by atoms with E-state index in [1.807, 2.05) is 0 Å². The van der Waals surface area contributed by atoms with Crippen molar-refractivity contribution in [2.24, 2.45) is 0 Å². The quantitative estimate of drug-likeness (QED) is 0.456. The van der Waals surface area contributed by atoms with Crippen LogP contribution in [0.4, 0.5) is 17.6 Å². The summed E-state index contributed by atoms with van der Waals surface area (Å²) in [4.78, 5) is 0. The third-order valence-corrected chi connectivity index (χ3v) is 4.33. The Morgan fingerprint density at radius 3 is 2.28 bits per heavy atom. The van der Waals surface area contributed by atoms with E-state index in [0.29, 0.717) is 27.6 Å². The average Bonchev–Trinajstić information content (AvgIpc) is 3.01. The molecule has 4 nitrogen and oxygen atoms in total. The molecule has 0 radical (unpaired) electrons. The Morgan fingerprint density at radius 2 is 1.69 bits per heavy atom. The fraction of sp³-hybridized carbons (Fsp3) is 0.200. The Kier molecular flexibility index (Phi) is 5.93. The van der Waals surface area contributed by atoms with Crippen LogP contribution in [0, 0.1) is 5.82 Å². The predicted molar refractivity (Wildman–Crippen MR) is 100 cm³/mol. The van der Waals surface area contributed by atoms with Crippen molar-refractivity contribution in [1.29, 1.82) is 0 Å². The van der Waals surface area contributed by atoms with E-state index >= 15 is 0 Å². The summed E-state index contributed by atoms with van der Waals surface area (Å²) >= 11 is 6.17. The van der Waals surface area contributed by atoms with Crippen LogP contribution in [0.15, 0.2) is 48.7 Å².